The minimum absolute atomic E-state index is 0.234. The third kappa shape index (κ3) is 2.94. The molecule has 0 unspecified atom stereocenters. The van der Waals surface area contributed by atoms with Crippen molar-refractivity contribution in [3.63, 3.8) is 0 Å². The van der Waals surface area contributed by atoms with Crippen LogP contribution in [0.3, 0.4) is 0 Å². The molecule has 21 heavy (non-hydrogen) atoms. The standard InChI is InChI=1S/C17H23N3O/c1-2-19(17(21)14-8-4-3-5-9-14)13-15-12-18-16-10-6-7-11-20(15)16/h6-7,10-12,14H,2-5,8-9,13H2,1H3. The van der Waals surface area contributed by atoms with E-state index in [1.54, 1.807) is 0 Å². The first-order valence-electron chi connectivity index (χ1n) is 7.99. The van der Waals surface area contributed by atoms with Gasteiger partial charge < -0.3 is 9.30 Å². The van der Waals surface area contributed by atoms with Crippen molar-refractivity contribution >= 4 is 11.6 Å². The van der Waals surface area contributed by atoms with E-state index in [0.717, 1.165) is 30.7 Å². The van der Waals surface area contributed by atoms with Crippen LogP contribution in [0.25, 0.3) is 5.65 Å². The highest BCUT2D eigenvalue weighted by Gasteiger charge is 2.25. The third-order valence-corrected chi connectivity index (χ3v) is 4.49. The molecule has 2 heterocycles. The average molecular weight is 285 g/mol. The van der Waals surface area contributed by atoms with Crippen LogP contribution in [0.4, 0.5) is 0 Å². The van der Waals surface area contributed by atoms with E-state index < -0.39 is 0 Å². The molecule has 0 atom stereocenters. The summed E-state index contributed by atoms with van der Waals surface area (Å²) in [4.78, 5) is 19.1. The first-order chi connectivity index (χ1) is 10.3. The minimum Gasteiger partial charge on any atom is -0.337 e. The molecule has 0 N–H and O–H groups in total. The maximum atomic E-state index is 12.7. The van der Waals surface area contributed by atoms with Gasteiger partial charge in [0.05, 0.1) is 18.4 Å². The lowest BCUT2D eigenvalue weighted by Crippen LogP contribution is -2.36. The number of nitrogens with zero attached hydrogens (tertiary/aromatic N) is 3. The van der Waals surface area contributed by atoms with Crippen LogP contribution in [0.5, 0.6) is 0 Å². The predicted molar refractivity (Wildman–Crippen MR) is 82.9 cm³/mol. The van der Waals surface area contributed by atoms with E-state index in [1.807, 2.05) is 35.5 Å². The third-order valence-electron chi connectivity index (χ3n) is 4.49. The van der Waals surface area contributed by atoms with Crippen LogP contribution in [-0.4, -0.2) is 26.7 Å². The van der Waals surface area contributed by atoms with E-state index in [-0.39, 0.29) is 5.92 Å². The second-order valence-electron chi connectivity index (χ2n) is 5.87. The fraction of sp³-hybridized carbons (Fsp3) is 0.529. The highest BCUT2D eigenvalue weighted by atomic mass is 16.2. The minimum atomic E-state index is 0.234. The molecule has 0 saturated heterocycles. The fourth-order valence-electron chi connectivity index (χ4n) is 3.25. The van der Waals surface area contributed by atoms with Gasteiger partial charge >= 0.3 is 0 Å². The number of hydrogen-bond donors (Lipinski definition) is 0. The Balaban J connectivity index is 1.76. The van der Waals surface area contributed by atoms with Crippen LogP contribution in [0.1, 0.15) is 44.7 Å². The SMILES string of the molecule is CCN(Cc1cnc2ccccn12)C(=O)C1CCCCC1. The van der Waals surface area contributed by atoms with E-state index in [0.29, 0.717) is 12.5 Å². The molecule has 0 radical (unpaired) electrons. The molecule has 112 valence electrons. The van der Waals surface area contributed by atoms with E-state index in [1.165, 1.54) is 19.3 Å². The normalized spacial score (nSPS) is 16.2. The topological polar surface area (TPSA) is 37.6 Å². The summed E-state index contributed by atoms with van der Waals surface area (Å²) >= 11 is 0. The number of hydrogen-bond acceptors (Lipinski definition) is 2. The van der Waals surface area contributed by atoms with Gasteiger partial charge in [-0.1, -0.05) is 25.3 Å². The zero-order valence-electron chi connectivity index (χ0n) is 12.7. The molecule has 0 aromatic carbocycles. The number of imidazole rings is 1. The Kier molecular flexibility index (Phi) is 4.23. The van der Waals surface area contributed by atoms with Crippen LogP contribution in [0.2, 0.25) is 0 Å². The van der Waals surface area contributed by atoms with Crippen molar-refractivity contribution in [2.24, 2.45) is 5.92 Å². The summed E-state index contributed by atoms with van der Waals surface area (Å²) in [6.45, 7) is 3.47. The smallest absolute Gasteiger partial charge is 0.226 e. The lowest BCUT2D eigenvalue weighted by Gasteiger charge is -2.28. The zero-order chi connectivity index (χ0) is 14.7. The molecule has 1 fully saturated rings. The second kappa shape index (κ2) is 6.29. The van der Waals surface area contributed by atoms with Gasteiger partial charge in [-0.05, 0) is 31.9 Å². The van der Waals surface area contributed by atoms with Gasteiger partial charge in [0, 0.05) is 18.7 Å². The van der Waals surface area contributed by atoms with E-state index in [4.69, 9.17) is 0 Å². The Hall–Kier alpha value is -1.84. The van der Waals surface area contributed by atoms with Crippen molar-refractivity contribution in [3.8, 4) is 0 Å². The summed E-state index contributed by atoms with van der Waals surface area (Å²) in [6.07, 6.45) is 9.68. The highest BCUT2D eigenvalue weighted by molar-refractivity contribution is 5.78. The summed E-state index contributed by atoms with van der Waals surface area (Å²) < 4.78 is 2.07. The van der Waals surface area contributed by atoms with Crippen molar-refractivity contribution in [1.29, 1.82) is 0 Å². The van der Waals surface area contributed by atoms with Crippen molar-refractivity contribution in [3.05, 3.63) is 36.3 Å². The monoisotopic (exact) mass is 285 g/mol. The largest absolute Gasteiger partial charge is 0.337 e. The summed E-state index contributed by atoms with van der Waals surface area (Å²) in [7, 11) is 0. The van der Waals surface area contributed by atoms with Crippen LogP contribution in [0.15, 0.2) is 30.6 Å². The van der Waals surface area contributed by atoms with Crippen LogP contribution >= 0.6 is 0 Å². The molecule has 1 saturated carbocycles. The van der Waals surface area contributed by atoms with Crippen molar-refractivity contribution in [2.75, 3.05) is 6.54 Å². The van der Waals surface area contributed by atoms with Crippen molar-refractivity contribution in [1.82, 2.24) is 14.3 Å². The van der Waals surface area contributed by atoms with Gasteiger partial charge in [-0.15, -0.1) is 0 Å². The first kappa shape index (κ1) is 14.1. The Morgan fingerprint density at radius 1 is 1.33 bits per heavy atom. The van der Waals surface area contributed by atoms with Crippen LogP contribution in [0, 0.1) is 5.92 Å². The number of pyridine rings is 1. The summed E-state index contributed by atoms with van der Waals surface area (Å²) in [6, 6.07) is 5.97. The molecule has 4 heteroatoms. The summed E-state index contributed by atoms with van der Waals surface area (Å²) in [5.41, 5.74) is 2.02. The maximum Gasteiger partial charge on any atom is 0.226 e. The maximum absolute atomic E-state index is 12.7. The van der Waals surface area contributed by atoms with Gasteiger partial charge in [0.25, 0.3) is 0 Å². The predicted octanol–water partition coefficient (Wildman–Crippen LogP) is 3.26. The molecule has 1 aliphatic rings. The van der Waals surface area contributed by atoms with Crippen molar-refractivity contribution < 1.29 is 4.79 Å². The number of rotatable bonds is 4. The summed E-state index contributed by atoms with van der Waals surface area (Å²) in [5.74, 6) is 0.556. The first-order valence-corrected chi connectivity index (χ1v) is 7.99. The Morgan fingerprint density at radius 3 is 2.90 bits per heavy atom. The average Bonchev–Trinajstić information content (AvgIpc) is 2.96. The van der Waals surface area contributed by atoms with Gasteiger partial charge in [-0.2, -0.15) is 0 Å². The Labute approximate surface area is 125 Å². The van der Waals surface area contributed by atoms with E-state index >= 15 is 0 Å². The molecule has 1 aliphatic carbocycles. The number of carbonyl (C=O) groups excluding carboxylic acids is 1. The van der Waals surface area contributed by atoms with Gasteiger partial charge in [-0.3, -0.25) is 4.79 Å². The number of fused-ring (bicyclic) bond motifs is 1. The van der Waals surface area contributed by atoms with Gasteiger partial charge in [0.1, 0.15) is 5.65 Å². The molecular formula is C17H23N3O. The van der Waals surface area contributed by atoms with E-state index in [9.17, 15) is 4.79 Å². The quantitative estimate of drug-likeness (QED) is 0.864. The zero-order valence-corrected chi connectivity index (χ0v) is 12.7. The number of carbonyl (C=O) groups is 1. The molecule has 2 aromatic heterocycles. The molecule has 3 rings (SSSR count). The molecule has 1 amide bonds. The molecule has 4 nitrogen and oxygen atoms in total. The van der Waals surface area contributed by atoms with Gasteiger partial charge in [-0.25, -0.2) is 4.98 Å². The Morgan fingerprint density at radius 2 is 2.14 bits per heavy atom. The van der Waals surface area contributed by atoms with Crippen LogP contribution in [-0.2, 0) is 11.3 Å². The molecule has 0 spiro atoms. The number of amides is 1. The Bertz CT molecular complexity index is 613. The van der Waals surface area contributed by atoms with Crippen molar-refractivity contribution in [2.45, 2.75) is 45.6 Å². The van der Waals surface area contributed by atoms with E-state index in [2.05, 4.69) is 16.3 Å². The molecule has 2 aromatic rings. The lowest BCUT2D eigenvalue weighted by atomic mass is 9.88. The number of aromatic nitrogens is 2. The molecular weight excluding hydrogens is 262 g/mol. The molecule has 0 aliphatic heterocycles. The van der Waals surface area contributed by atoms with Gasteiger partial charge in [0.15, 0.2) is 0 Å². The fourth-order valence-corrected chi connectivity index (χ4v) is 3.25. The highest BCUT2D eigenvalue weighted by Crippen LogP contribution is 2.26. The molecule has 0 bridgehead atoms. The lowest BCUT2D eigenvalue weighted by molar-refractivity contribution is -0.137. The summed E-state index contributed by atoms with van der Waals surface area (Å²) in [5, 5.41) is 0. The van der Waals surface area contributed by atoms with Crippen LogP contribution < -0.4 is 0 Å². The second-order valence-corrected chi connectivity index (χ2v) is 5.87. The van der Waals surface area contributed by atoms with Gasteiger partial charge in [0.2, 0.25) is 5.91 Å².